The molecule has 11 heteroatoms. The van der Waals surface area contributed by atoms with Gasteiger partial charge in [-0.1, -0.05) is 23.2 Å². The molecule has 0 saturated carbocycles. The first kappa shape index (κ1) is 24.3. The molecule has 3 heterocycles. The molecule has 1 aromatic carbocycles. The van der Waals surface area contributed by atoms with Gasteiger partial charge in [0.25, 0.3) is 5.91 Å². The fourth-order valence-corrected chi connectivity index (χ4v) is 4.40. The first-order chi connectivity index (χ1) is 16.3. The number of benzene rings is 1. The number of fused-ring (bicyclic) bond motifs is 1. The molecule has 9 nitrogen and oxygen atoms in total. The fourth-order valence-electron chi connectivity index (χ4n) is 3.94. The molecule has 1 amide bonds. The van der Waals surface area contributed by atoms with Crippen LogP contribution in [-0.2, 0) is 4.74 Å². The van der Waals surface area contributed by atoms with E-state index >= 15 is 0 Å². The summed E-state index contributed by atoms with van der Waals surface area (Å²) in [5.74, 6) is -0.498. The Morgan fingerprint density at radius 2 is 1.82 bits per heavy atom. The van der Waals surface area contributed by atoms with E-state index in [0.717, 1.165) is 13.1 Å². The van der Waals surface area contributed by atoms with Gasteiger partial charge in [-0.2, -0.15) is 0 Å². The third-order valence-corrected chi connectivity index (χ3v) is 6.50. The van der Waals surface area contributed by atoms with Crippen molar-refractivity contribution in [2.75, 3.05) is 50.1 Å². The Bertz CT molecular complexity index is 1200. The van der Waals surface area contributed by atoms with Crippen molar-refractivity contribution in [2.45, 2.75) is 13.0 Å². The van der Waals surface area contributed by atoms with Crippen LogP contribution in [0.15, 0.2) is 35.0 Å². The molecular formula is C23H24Cl2N4O5. The molecule has 1 unspecified atom stereocenters. The highest BCUT2D eigenvalue weighted by molar-refractivity contribution is 6.40. The Labute approximate surface area is 206 Å². The number of ether oxygens (including phenoxy) is 1. The molecule has 0 radical (unpaired) electrons. The lowest BCUT2D eigenvalue weighted by molar-refractivity contribution is 0.0601. The van der Waals surface area contributed by atoms with E-state index in [-0.39, 0.29) is 45.1 Å². The van der Waals surface area contributed by atoms with Crippen molar-refractivity contribution in [3.63, 3.8) is 0 Å². The summed E-state index contributed by atoms with van der Waals surface area (Å²) < 4.78 is 11.0. The molecule has 3 aromatic rings. The number of esters is 1. The lowest BCUT2D eigenvalue weighted by Crippen LogP contribution is -2.50. The maximum absolute atomic E-state index is 13.2. The van der Waals surface area contributed by atoms with Crippen molar-refractivity contribution < 1.29 is 23.8 Å². The van der Waals surface area contributed by atoms with E-state index in [1.807, 2.05) is 11.8 Å². The van der Waals surface area contributed by atoms with Crippen molar-refractivity contribution in [2.24, 2.45) is 0 Å². The maximum atomic E-state index is 13.2. The summed E-state index contributed by atoms with van der Waals surface area (Å²) in [6, 6.07) is 4.85. The van der Waals surface area contributed by atoms with Crippen molar-refractivity contribution in [3.05, 3.63) is 51.8 Å². The minimum Gasteiger partial charge on any atom is -0.465 e. The monoisotopic (exact) mass is 506 g/mol. The summed E-state index contributed by atoms with van der Waals surface area (Å²) in [6.07, 6.45) is 2.76. The number of hydrogen-bond donors (Lipinski definition) is 2. The van der Waals surface area contributed by atoms with Gasteiger partial charge in [0.05, 0.1) is 35.0 Å². The average molecular weight is 507 g/mol. The predicted octanol–water partition coefficient (Wildman–Crippen LogP) is 3.68. The fraction of sp³-hybridized carbons (Fsp3) is 0.348. The smallest absolute Gasteiger partial charge is 0.341 e. The van der Waals surface area contributed by atoms with Gasteiger partial charge in [-0.3, -0.25) is 14.7 Å². The molecule has 2 N–H and O–H groups in total. The number of halogens is 2. The number of pyridine rings is 1. The Hall–Kier alpha value is -2.85. The maximum Gasteiger partial charge on any atom is 0.341 e. The van der Waals surface area contributed by atoms with E-state index in [2.05, 4.69) is 15.2 Å². The third-order valence-electron chi connectivity index (χ3n) is 5.93. The van der Waals surface area contributed by atoms with Crippen LogP contribution >= 0.6 is 23.2 Å². The molecular weight excluding hydrogens is 483 g/mol. The lowest BCUT2D eigenvalue weighted by atomic mass is 10.1. The summed E-state index contributed by atoms with van der Waals surface area (Å²) in [7, 11) is 1.29. The summed E-state index contributed by atoms with van der Waals surface area (Å²) >= 11 is 12.3. The minimum atomic E-state index is -0.570. The molecule has 1 aliphatic rings. The number of carbonyl (C=O) groups excluding carboxylic acids is 2. The number of aromatic nitrogens is 1. The van der Waals surface area contributed by atoms with Crippen molar-refractivity contribution >= 4 is 57.6 Å². The van der Waals surface area contributed by atoms with E-state index in [0.29, 0.717) is 24.4 Å². The van der Waals surface area contributed by atoms with Gasteiger partial charge in [-0.25, -0.2) is 4.79 Å². The van der Waals surface area contributed by atoms with E-state index in [4.69, 9.17) is 32.4 Å². The molecule has 1 fully saturated rings. The second kappa shape index (κ2) is 10.2. The largest absolute Gasteiger partial charge is 0.465 e. The first-order valence-corrected chi connectivity index (χ1v) is 11.4. The SMILES string of the molecule is COC(=O)c1ccc(C(=O)Nc2c(Cl)cncc2Cl)c2cc(N3CCN(C(C)CO)CC3)oc12. The molecule has 1 aliphatic heterocycles. The zero-order chi connectivity index (χ0) is 24.4. The first-order valence-electron chi connectivity index (χ1n) is 10.7. The summed E-state index contributed by atoms with van der Waals surface area (Å²) in [4.78, 5) is 33.6. The van der Waals surface area contributed by atoms with Gasteiger partial charge in [0.15, 0.2) is 11.5 Å². The molecule has 1 saturated heterocycles. The number of methoxy groups -OCH3 is 1. The van der Waals surface area contributed by atoms with E-state index in [9.17, 15) is 14.7 Å². The van der Waals surface area contributed by atoms with Crippen molar-refractivity contribution in [3.8, 4) is 0 Å². The number of furan rings is 1. The highest BCUT2D eigenvalue weighted by atomic mass is 35.5. The molecule has 1 atom stereocenters. The Morgan fingerprint density at radius 3 is 2.44 bits per heavy atom. The minimum absolute atomic E-state index is 0.0749. The third kappa shape index (κ3) is 4.69. The van der Waals surface area contributed by atoms with Gasteiger partial charge in [-0.15, -0.1) is 0 Å². The van der Waals surface area contributed by atoms with Crippen molar-refractivity contribution in [1.82, 2.24) is 9.88 Å². The van der Waals surface area contributed by atoms with Gasteiger partial charge < -0.3 is 24.5 Å². The van der Waals surface area contributed by atoms with Crippen LogP contribution in [0.4, 0.5) is 11.6 Å². The molecule has 4 rings (SSSR count). The van der Waals surface area contributed by atoms with Crippen LogP contribution in [0.1, 0.15) is 27.6 Å². The molecule has 0 bridgehead atoms. The zero-order valence-electron chi connectivity index (χ0n) is 18.7. The number of rotatable bonds is 6. The van der Waals surface area contributed by atoms with Gasteiger partial charge in [0.2, 0.25) is 0 Å². The quantitative estimate of drug-likeness (QED) is 0.487. The van der Waals surface area contributed by atoms with E-state index in [1.165, 1.54) is 31.6 Å². The van der Waals surface area contributed by atoms with Gasteiger partial charge in [-0.05, 0) is 19.1 Å². The topological polar surface area (TPSA) is 108 Å². The van der Waals surface area contributed by atoms with Crippen LogP contribution in [-0.4, -0.2) is 72.8 Å². The second-order valence-corrected chi connectivity index (χ2v) is 8.78. The number of carbonyl (C=O) groups is 2. The molecule has 180 valence electrons. The van der Waals surface area contributed by atoms with Crippen LogP contribution in [0.25, 0.3) is 11.0 Å². The number of nitrogens with one attached hydrogen (secondary N) is 1. The normalized spacial score (nSPS) is 15.4. The standard InChI is InChI=1S/C23H24Cl2N4O5/c1-13(12-30)28-5-7-29(8-6-28)19-9-16-14(3-4-15(21(16)34-19)23(32)33-2)22(31)27-20-17(24)10-26-11-18(20)25/h3-4,9-11,13,30H,5-8,12H2,1-2H3,(H,26,27,31). The number of piperazine rings is 1. The number of nitrogens with zero attached hydrogens (tertiary/aromatic N) is 3. The number of aliphatic hydroxyl groups excluding tert-OH is 1. The Balaban J connectivity index is 1.69. The van der Waals surface area contributed by atoms with Crippen LogP contribution < -0.4 is 10.2 Å². The van der Waals surface area contributed by atoms with Crippen LogP contribution in [0.2, 0.25) is 10.0 Å². The predicted molar refractivity (Wildman–Crippen MR) is 130 cm³/mol. The number of hydrogen-bond acceptors (Lipinski definition) is 8. The Morgan fingerprint density at radius 1 is 1.18 bits per heavy atom. The van der Waals surface area contributed by atoms with Crippen LogP contribution in [0, 0.1) is 0 Å². The molecule has 0 aliphatic carbocycles. The van der Waals surface area contributed by atoms with E-state index in [1.54, 1.807) is 6.07 Å². The molecule has 0 spiro atoms. The highest BCUT2D eigenvalue weighted by Crippen LogP contribution is 2.34. The number of anilines is 2. The molecule has 2 aromatic heterocycles. The highest BCUT2D eigenvalue weighted by Gasteiger charge is 2.26. The lowest BCUT2D eigenvalue weighted by Gasteiger charge is -2.37. The summed E-state index contributed by atoms with van der Waals surface area (Å²) in [5.41, 5.74) is 1.00. The second-order valence-electron chi connectivity index (χ2n) is 7.97. The summed E-state index contributed by atoms with van der Waals surface area (Å²) in [5, 5.41) is 13.0. The number of amides is 1. The average Bonchev–Trinajstić information content (AvgIpc) is 3.30. The summed E-state index contributed by atoms with van der Waals surface area (Å²) in [6.45, 7) is 4.90. The number of aliphatic hydroxyl groups is 1. The van der Waals surface area contributed by atoms with Gasteiger partial charge in [0.1, 0.15) is 5.56 Å². The van der Waals surface area contributed by atoms with E-state index < -0.39 is 11.9 Å². The molecule has 34 heavy (non-hydrogen) atoms. The van der Waals surface area contributed by atoms with Crippen LogP contribution in [0.3, 0.4) is 0 Å². The van der Waals surface area contributed by atoms with Gasteiger partial charge in [0, 0.05) is 56.1 Å². The zero-order valence-corrected chi connectivity index (χ0v) is 20.2. The van der Waals surface area contributed by atoms with Crippen LogP contribution in [0.5, 0.6) is 0 Å². The Kier molecular flexibility index (Phi) is 7.27. The van der Waals surface area contributed by atoms with Crippen molar-refractivity contribution in [1.29, 1.82) is 0 Å². The van der Waals surface area contributed by atoms with Gasteiger partial charge >= 0.3 is 5.97 Å².